The predicted octanol–water partition coefficient (Wildman–Crippen LogP) is 5.84. The number of fused-ring (bicyclic) bond motifs is 5. The second kappa shape index (κ2) is 13.2. The van der Waals surface area contributed by atoms with Gasteiger partial charge in [-0.2, -0.15) is 0 Å². The molecule has 0 aromatic rings. The van der Waals surface area contributed by atoms with Crippen LogP contribution in [0.3, 0.4) is 0 Å². The maximum absolute atomic E-state index is 14.6. The third kappa shape index (κ3) is 6.00. The largest absolute Gasteiger partial charge is 0.478 e. The number of carboxylic acids is 1. The van der Waals surface area contributed by atoms with Crippen LogP contribution in [0, 0.1) is 45.8 Å². The van der Waals surface area contributed by atoms with Gasteiger partial charge < -0.3 is 29.5 Å². The molecule has 1 heterocycles. The number of aliphatic hydroxyl groups is 2. The maximum atomic E-state index is 14.6. The Hall–Kier alpha value is -1.81. The van der Waals surface area contributed by atoms with Gasteiger partial charge in [-0.3, -0.25) is 9.59 Å². The number of esters is 1. The summed E-state index contributed by atoms with van der Waals surface area (Å²) in [4.78, 5) is 39.7. The number of Topliss-reactive ketones (excluding diaryl/α,β-unsaturated/α-hetero) is 1. The van der Waals surface area contributed by atoms with E-state index in [4.69, 9.17) is 14.2 Å². The molecular formula is C37H58O9. The highest BCUT2D eigenvalue weighted by Gasteiger charge is 2.71. The Balaban J connectivity index is 1.44. The van der Waals surface area contributed by atoms with Crippen molar-refractivity contribution in [1.82, 2.24) is 0 Å². The fraction of sp³-hybridized carbons (Fsp3) is 0.865. The summed E-state index contributed by atoms with van der Waals surface area (Å²) in [6.07, 6.45) is 4.91. The van der Waals surface area contributed by atoms with Crippen LogP contribution in [0.5, 0.6) is 0 Å². The van der Waals surface area contributed by atoms with Crippen molar-refractivity contribution in [3.8, 4) is 0 Å². The number of hydrogen-bond acceptors (Lipinski definition) is 8. The van der Waals surface area contributed by atoms with Crippen LogP contribution in [0.1, 0.15) is 119 Å². The first-order valence-electron chi connectivity index (χ1n) is 17.8. The number of aliphatic carboxylic acids is 1. The van der Waals surface area contributed by atoms with Crippen molar-refractivity contribution in [2.75, 3.05) is 6.61 Å². The minimum atomic E-state index is -0.968. The monoisotopic (exact) mass is 646 g/mol. The van der Waals surface area contributed by atoms with E-state index < -0.39 is 42.0 Å². The van der Waals surface area contributed by atoms with Crippen molar-refractivity contribution in [1.29, 1.82) is 0 Å². The molecule has 4 saturated carbocycles. The molecule has 12 atom stereocenters. The second-order valence-corrected chi connectivity index (χ2v) is 16.5. The molecule has 5 aliphatic rings. The van der Waals surface area contributed by atoms with Crippen LogP contribution < -0.4 is 0 Å². The summed E-state index contributed by atoms with van der Waals surface area (Å²) in [7, 11) is 0. The number of ketones is 1. The lowest BCUT2D eigenvalue weighted by Crippen LogP contribution is -2.64. The van der Waals surface area contributed by atoms with Crippen molar-refractivity contribution in [2.24, 2.45) is 45.8 Å². The van der Waals surface area contributed by atoms with Crippen LogP contribution in [0.25, 0.3) is 0 Å². The molecule has 4 aliphatic carbocycles. The van der Waals surface area contributed by atoms with Gasteiger partial charge >= 0.3 is 11.9 Å². The fourth-order valence-electron chi connectivity index (χ4n) is 11.1. The lowest BCUT2D eigenvalue weighted by molar-refractivity contribution is -0.268. The number of carbonyl (C=O) groups is 3. The molecule has 9 nitrogen and oxygen atoms in total. The average molecular weight is 647 g/mol. The molecule has 1 aliphatic heterocycles. The van der Waals surface area contributed by atoms with Crippen molar-refractivity contribution in [2.45, 2.75) is 150 Å². The Morgan fingerprint density at radius 3 is 2.41 bits per heavy atom. The van der Waals surface area contributed by atoms with E-state index in [0.717, 1.165) is 38.5 Å². The van der Waals surface area contributed by atoms with Gasteiger partial charge in [-0.1, -0.05) is 48.0 Å². The lowest BCUT2D eigenvalue weighted by atomic mass is 9.37. The number of rotatable bonds is 9. The molecule has 0 aromatic carbocycles. The van der Waals surface area contributed by atoms with Gasteiger partial charge in [0, 0.05) is 31.3 Å². The van der Waals surface area contributed by atoms with E-state index in [1.807, 2.05) is 0 Å². The second-order valence-electron chi connectivity index (χ2n) is 16.5. The number of hydrogen-bond donors (Lipinski definition) is 3. The summed E-state index contributed by atoms with van der Waals surface area (Å²) in [5.74, 6) is -0.722. The third-order valence-electron chi connectivity index (χ3n) is 13.5. The minimum absolute atomic E-state index is 0.0395. The molecule has 3 N–H and O–H groups in total. The average Bonchev–Trinajstić information content (AvgIpc) is 3.24. The van der Waals surface area contributed by atoms with Crippen LogP contribution in [0.2, 0.25) is 0 Å². The van der Waals surface area contributed by atoms with E-state index in [1.165, 1.54) is 6.92 Å². The number of ether oxygens (including phenoxy) is 3. The molecular weight excluding hydrogens is 588 g/mol. The Morgan fingerprint density at radius 1 is 1.07 bits per heavy atom. The number of carbonyl (C=O) groups excluding carboxylic acids is 2. The first-order valence-corrected chi connectivity index (χ1v) is 17.8. The van der Waals surface area contributed by atoms with Crippen molar-refractivity contribution in [3.05, 3.63) is 11.1 Å². The molecule has 0 aromatic heterocycles. The van der Waals surface area contributed by atoms with E-state index >= 15 is 0 Å². The molecule has 1 saturated heterocycles. The molecule has 0 spiro atoms. The highest BCUT2D eigenvalue weighted by Crippen LogP contribution is 2.73. The standard InChI is InChI=1S/C37H58O9/c1-20(2)9-8-10-23(34(42)43)32-25-17-27(41)33-35(5)15-14-28(45-31-12-11-26(40)30(19-38)46-31)21(3)24(35)13-16-36(33,6)37(25,7)18-29(32)44-22(4)39/h20-21,24-26,28-31,33,38,40H,8-19H2,1-7H3,(H,42,43)/b32-23+/t21-,24-,25-,26-,28+,29-,30+,31?,33?,35-,36-,37-/m0/s1. The van der Waals surface area contributed by atoms with E-state index in [0.29, 0.717) is 42.7 Å². The number of carboxylic acid groups (broad SMARTS) is 1. The first-order chi connectivity index (χ1) is 21.6. The van der Waals surface area contributed by atoms with Crippen molar-refractivity contribution in [3.63, 3.8) is 0 Å². The summed E-state index contributed by atoms with van der Waals surface area (Å²) < 4.78 is 18.3. The smallest absolute Gasteiger partial charge is 0.331 e. The zero-order chi connectivity index (χ0) is 33.8. The summed E-state index contributed by atoms with van der Waals surface area (Å²) in [5.41, 5.74) is -0.0172. The normalized spacial score (nSPS) is 45.1. The molecule has 0 bridgehead atoms. The van der Waals surface area contributed by atoms with E-state index in [-0.39, 0.29) is 59.4 Å². The van der Waals surface area contributed by atoms with Gasteiger partial charge in [0.1, 0.15) is 18.0 Å². The van der Waals surface area contributed by atoms with Crippen molar-refractivity contribution < 1.29 is 43.9 Å². The van der Waals surface area contributed by atoms with Gasteiger partial charge in [0.15, 0.2) is 6.29 Å². The van der Waals surface area contributed by atoms with Gasteiger partial charge in [0.2, 0.25) is 0 Å². The molecule has 46 heavy (non-hydrogen) atoms. The Bertz CT molecular complexity index is 1210. The summed E-state index contributed by atoms with van der Waals surface area (Å²) >= 11 is 0. The van der Waals surface area contributed by atoms with Gasteiger partial charge in [0.25, 0.3) is 0 Å². The number of aliphatic hydroxyl groups excluding tert-OH is 2. The van der Waals surface area contributed by atoms with E-state index in [9.17, 15) is 29.7 Å². The predicted molar refractivity (Wildman–Crippen MR) is 171 cm³/mol. The van der Waals surface area contributed by atoms with Gasteiger partial charge in [0.05, 0.1) is 18.8 Å². The zero-order valence-electron chi connectivity index (χ0n) is 29.0. The SMILES string of the molecule is CC(=O)O[C@H]1C[C@@]2(C)[C@@H](CC(=O)C3[C@]2(C)CC[C@H]2[C@H](C)[C@H](OC4CC[C@H](O)[C@@H](CO)O4)CC[C@]32C)/C1=C(/CCCC(C)C)C(=O)O. The summed E-state index contributed by atoms with van der Waals surface area (Å²) in [5, 5.41) is 30.2. The van der Waals surface area contributed by atoms with E-state index in [2.05, 4.69) is 41.5 Å². The third-order valence-corrected chi connectivity index (χ3v) is 13.5. The highest BCUT2D eigenvalue weighted by molar-refractivity contribution is 5.90. The summed E-state index contributed by atoms with van der Waals surface area (Å²) in [6, 6.07) is 0. The highest BCUT2D eigenvalue weighted by atomic mass is 16.7. The first kappa shape index (κ1) is 35.5. The Labute approximate surface area is 274 Å². The fourth-order valence-corrected chi connectivity index (χ4v) is 11.1. The van der Waals surface area contributed by atoms with E-state index in [1.54, 1.807) is 0 Å². The lowest BCUT2D eigenvalue weighted by Gasteiger charge is -2.67. The minimum Gasteiger partial charge on any atom is -0.478 e. The topological polar surface area (TPSA) is 140 Å². The zero-order valence-corrected chi connectivity index (χ0v) is 29.0. The van der Waals surface area contributed by atoms with Crippen LogP contribution in [-0.4, -0.2) is 70.4 Å². The van der Waals surface area contributed by atoms with Crippen LogP contribution in [-0.2, 0) is 28.6 Å². The van der Waals surface area contributed by atoms with Gasteiger partial charge in [-0.05, 0) is 96.9 Å². The van der Waals surface area contributed by atoms with Crippen molar-refractivity contribution >= 4 is 17.7 Å². The van der Waals surface area contributed by atoms with Crippen LogP contribution >= 0.6 is 0 Å². The molecule has 9 heteroatoms. The van der Waals surface area contributed by atoms with Crippen LogP contribution in [0.15, 0.2) is 11.1 Å². The Morgan fingerprint density at radius 2 is 1.78 bits per heavy atom. The molecule has 0 amide bonds. The maximum Gasteiger partial charge on any atom is 0.331 e. The van der Waals surface area contributed by atoms with Crippen LogP contribution in [0.4, 0.5) is 0 Å². The molecule has 5 fully saturated rings. The molecule has 0 radical (unpaired) electrons. The molecule has 5 rings (SSSR count). The quantitative estimate of drug-likeness (QED) is 0.160. The summed E-state index contributed by atoms with van der Waals surface area (Å²) in [6.45, 7) is 14.4. The molecule has 2 unspecified atom stereocenters. The molecule has 260 valence electrons. The van der Waals surface area contributed by atoms with Gasteiger partial charge in [-0.15, -0.1) is 0 Å². The van der Waals surface area contributed by atoms with Gasteiger partial charge in [-0.25, -0.2) is 4.79 Å². The Kier molecular flexibility index (Phi) is 10.2.